The molecular formula is C8H6F6O6S2. The van der Waals surface area contributed by atoms with Gasteiger partial charge in [-0.2, -0.15) is 43.2 Å². The van der Waals surface area contributed by atoms with E-state index in [9.17, 15) is 43.2 Å². The van der Waals surface area contributed by atoms with Crippen LogP contribution in [0.15, 0.2) is 23.7 Å². The molecule has 0 bridgehead atoms. The minimum absolute atomic E-state index is 0.0203. The SMILES string of the molecule is O=S(=O)(O/C=C1\CCC=C1OS(=O)(=O)C(F)(F)F)C(F)(F)F. The van der Waals surface area contributed by atoms with Gasteiger partial charge in [-0.1, -0.05) is 0 Å². The molecule has 14 heteroatoms. The zero-order valence-electron chi connectivity index (χ0n) is 10.1. The molecule has 1 aliphatic carbocycles. The first-order chi connectivity index (χ1) is 9.67. The lowest BCUT2D eigenvalue weighted by molar-refractivity contribution is -0.0520. The topological polar surface area (TPSA) is 86.7 Å². The zero-order valence-corrected chi connectivity index (χ0v) is 11.7. The Labute approximate surface area is 120 Å². The molecule has 0 aromatic rings. The maximum atomic E-state index is 12.1. The molecule has 0 saturated heterocycles. The number of hydrogen-bond acceptors (Lipinski definition) is 6. The molecule has 1 aliphatic rings. The van der Waals surface area contributed by atoms with Gasteiger partial charge in [0, 0.05) is 5.57 Å². The average Bonchev–Trinajstić information content (AvgIpc) is 2.70. The molecule has 1 rings (SSSR count). The standard InChI is InChI=1S/C8H6F6O6S2/c9-7(10,11)21(15,16)19-4-5-2-1-3-6(5)20-22(17,18)8(12,13)14/h3-4H,1-2H2/b5-4+. The van der Waals surface area contributed by atoms with E-state index in [0.717, 1.165) is 6.08 Å². The van der Waals surface area contributed by atoms with Crippen molar-refractivity contribution in [3.8, 4) is 0 Å². The maximum absolute atomic E-state index is 12.1. The van der Waals surface area contributed by atoms with Crippen molar-refractivity contribution in [1.82, 2.24) is 0 Å². The van der Waals surface area contributed by atoms with Crippen LogP contribution in [-0.4, -0.2) is 27.9 Å². The smallest absolute Gasteiger partial charge is 0.384 e. The number of rotatable bonds is 4. The van der Waals surface area contributed by atoms with E-state index in [1.54, 1.807) is 0 Å². The van der Waals surface area contributed by atoms with Crippen LogP contribution in [0.4, 0.5) is 26.3 Å². The summed E-state index contributed by atoms with van der Waals surface area (Å²) in [5.74, 6) is -0.949. The number of alkyl halides is 6. The van der Waals surface area contributed by atoms with Crippen molar-refractivity contribution in [3.63, 3.8) is 0 Å². The van der Waals surface area contributed by atoms with Gasteiger partial charge in [-0.15, -0.1) is 0 Å². The van der Waals surface area contributed by atoms with Crippen molar-refractivity contribution < 1.29 is 51.5 Å². The molecule has 0 unspecified atom stereocenters. The van der Waals surface area contributed by atoms with Gasteiger partial charge in [0.1, 0.15) is 12.0 Å². The molecular weight excluding hydrogens is 370 g/mol. The van der Waals surface area contributed by atoms with Gasteiger partial charge in [0.25, 0.3) is 0 Å². The zero-order chi connectivity index (χ0) is 17.4. The summed E-state index contributed by atoms with van der Waals surface area (Å²) in [6, 6.07) is 0. The Morgan fingerprint density at radius 3 is 1.91 bits per heavy atom. The van der Waals surface area contributed by atoms with Gasteiger partial charge in [0.05, 0.1) is 0 Å². The summed E-state index contributed by atoms with van der Waals surface area (Å²) in [5.41, 5.74) is -12.1. The predicted molar refractivity (Wildman–Crippen MR) is 57.5 cm³/mol. The van der Waals surface area contributed by atoms with Crippen LogP contribution in [0.25, 0.3) is 0 Å². The van der Waals surface area contributed by atoms with E-state index in [1.807, 2.05) is 0 Å². The molecule has 0 spiro atoms. The Morgan fingerprint density at radius 1 is 0.955 bits per heavy atom. The molecule has 0 aromatic carbocycles. The fourth-order valence-electron chi connectivity index (χ4n) is 1.16. The minimum Gasteiger partial charge on any atom is -0.384 e. The Morgan fingerprint density at radius 2 is 1.45 bits per heavy atom. The van der Waals surface area contributed by atoms with Crippen molar-refractivity contribution in [2.45, 2.75) is 23.9 Å². The van der Waals surface area contributed by atoms with Gasteiger partial charge in [0.15, 0.2) is 0 Å². The number of allylic oxidation sites excluding steroid dienone is 2. The fraction of sp³-hybridized carbons (Fsp3) is 0.500. The monoisotopic (exact) mass is 376 g/mol. The van der Waals surface area contributed by atoms with Crippen LogP contribution in [-0.2, 0) is 28.6 Å². The van der Waals surface area contributed by atoms with E-state index in [4.69, 9.17) is 0 Å². The fourth-order valence-corrected chi connectivity index (χ4v) is 2.02. The molecule has 0 N–H and O–H groups in total. The van der Waals surface area contributed by atoms with Crippen LogP contribution in [0.2, 0.25) is 0 Å². The van der Waals surface area contributed by atoms with Crippen molar-refractivity contribution >= 4 is 20.2 Å². The predicted octanol–water partition coefficient (Wildman–Crippen LogP) is 2.28. The Kier molecular flexibility index (Phi) is 4.77. The van der Waals surface area contributed by atoms with Crippen molar-refractivity contribution in [2.24, 2.45) is 0 Å². The molecule has 0 heterocycles. The Hall–Kier alpha value is -1.44. The summed E-state index contributed by atoms with van der Waals surface area (Å²) in [4.78, 5) is 0. The minimum atomic E-state index is -6.03. The van der Waals surface area contributed by atoms with Crippen LogP contribution in [0.5, 0.6) is 0 Å². The van der Waals surface area contributed by atoms with Gasteiger partial charge in [-0.3, -0.25) is 0 Å². The summed E-state index contributed by atoms with van der Waals surface area (Å²) in [6.45, 7) is 0. The Bertz CT molecular complexity index is 696. The first-order valence-electron chi connectivity index (χ1n) is 5.07. The molecule has 0 fully saturated rings. The van der Waals surface area contributed by atoms with Gasteiger partial charge in [-0.05, 0) is 18.9 Å². The third-order valence-electron chi connectivity index (χ3n) is 2.14. The van der Waals surface area contributed by atoms with Crippen LogP contribution >= 0.6 is 0 Å². The van der Waals surface area contributed by atoms with Gasteiger partial charge >= 0.3 is 31.3 Å². The molecule has 128 valence electrons. The highest BCUT2D eigenvalue weighted by Crippen LogP contribution is 2.34. The number of halogens is 6. The van der Waals surface area contributed by atoms with E-state index in [2.05, 4.69) is 8.37 Å². The van der Waals surface area contributed by atoms with E-state index >= 15 is 0 Å². The quantitative estimate of drug-likeness (QED) is 0.324. The van der Waals surface area contributed by atoms with Crippen molar-refractivity contribution in [3.05, 3.63) is 23.7 Å². The van der Waals surface area contributed by atoms with E-state index in [0.29, 0.717) is 0 Å². The normalized spacial score (nSPS) is 19.2. The molecule has 0 aliphatic heterocycles. The summed E-state index contributed by atoms with van der Waals surface area (Å²) in [7, 11) is -12.0. The van der Waals surface area contributed by atoms with E-state index in [-0.39, 0.29) is 19.1 Å². The van der Waals surface area contributed by atoms with Gasteiger partial charge in [0.2, 0.25) is 0 Å². The van der Waals surface area contributed by atoms with Crippen LogP contribution in [0.1, 0.15) is 12.8 Å². The lowest BCUT2D eigenvalue weighted by Gasteiger charge is -2.12. The maximum Gasteiger partial charge on any atom is 0.534 e. The van der Waals surface area contributed by atoms with Crippen LogP contribution in [0, 0.1) is 0 Å². The number of hydrogen-bond donors (Lipinski definition) is 0. The average molecular weight is 376 g/mol. The molecule has 0 aromatic heterocycles. The first-order valence-corrected chi connectivity index (χ1v) is 7.89. The molecule has 22 heavy (non-hydrogen) atoms. The highest BCUT2D eigenvalue weighted by Gasteiger charge is 2.50. The molecule has 0 saturated carbocycles. The van der Waals surface area contributed by atoms with E-state index < -0.39 is 42.6 Å². The highest BCUT2D eigenvalue weighted by atomic mass is 32.2. The second-order valence-electron chi connectivity index (χ2n) is 3.73. The second kappa shape index (κ2) is 5.64. The molecule has 0 amide bonds. The highest BCUT2D eigenvalue weighted by molar-refractivity contribution is 7.88. The lowest BCUT2D eigenvalue weighted by Crippen LogP contribution is -2.25. The second-order valence-corrected chi connectivity index (χ2v) is 6.83. The van der Waals surface area contributed by atoms with Gasteiger partial charge < -0.3 is 8.37 Å². The summed E-state index contributed by atoms with van der Waals surface area (Å²) >= 11 is 0. The largest absolute Gasteiger partial charge is 0.534 e. The molecule has 0 atom stereocenters. The van der Waals surface area contributed by atoms with Crippen molar-refractivity contribution in [1.29, 1.82) is 0 Å². The first kappa shape index (κ1) is 18.6. The van der Waals surface area contributed by atoms with Crippen LogP contribution in [0.3, 0.4) is 0 Å². The summed E-state index contributed by atoms with van der Waals surface area (Å²) in [6.07, 6.45) is 0.465. The third-order valence-corrected chi connectivity index (χ3v) is 4.03. The Balaban J connectivity index is 2.96. The summed E-state index contributed by atoms with van der Waals surface area (Å²) < 4.78 is 122. The van der Waals surface area contributed by atoms with Gasteiger partial charge in [-0.25, -0.2) is 0 Å². The molecule has 6 nitrogen and oxygen atoms in total. The summed E-state index contributed by atoms with van der Waals surface area (Å²) in [5, 5.41) is 0. The van der Waals surface area contributed by atoms with Crippen molar-refractivity contribution in [2.75, 3.05) is 0 Å². The van der Waals surface area contributed by atoms with Crippen LogP contribution < -0.4 is 0 Å². The third kappa shape index (κ3) is 4.06. The lowest BCUT2D eigenvalue weighted by atomic mass is 10.2. The van der Waals surface area contributed by atoms with E-state index in [1.165, 1.54) is 0 Å². The molecule has 0 radical (unpaired) electrons.